The van der Waals surface area contributed by atoms with Crippen molar-refractivity contribution in [1.82, 2.24) is 9.88 Å². The van der Waals surface area contributed by atoms with Crippen LogP contribution in [-0.2, 0) is 19.1 Å². The van der Waals surface area contributed by atoms with E-state index in [9.17, 15) is 19.2 Å². The molecule has 1 atom stereocenters. The lowest BCUT2D eigenvalue weighted by molar-refractivity contribution is -0.152. The summed E-state index contributed by atoms with van der Waals surface area (Å²) in [5, 5.41) is 0. The number of amides is 1. The third-order valence-corrected chi connectivity index (χ3v) is 5.05. The van der Waals surface area contributed by atoms with Crippen molar-refractivity contribution in [3.8, 4) is 0 Å². The van der Waals surface area contributed by atoms with E-state index in [2.05, 4.69) is 4.98 Å². The van der Waals surface area contributed by atoms with Gasteiger partial charge >= 0.3 is 11.9 Å². The summed E-state index contributed by atoms with van der Waals surface area (Å²) in [4.78, 5) is 53.1. The zero-order valence-electron chi connectivity index (χ0n) is 17.1. The lowest BCUT2D eigenvalue weighted by Gasteiger charge is -2.32. The molecule has 0 aliphatic carbocycles. The molecule has 28 heavy (non-hydrogen) atoms. The largest absolute Gasteiger partial charge is 0.466 e. The van der Waals surface area contributed by atoms with E-state index in [1.165, 1.54) is 13.8 Å². The molecule has 1 aromatic rings. The number of H-pyrrole nitrogens is 1. The van der Waals surface area contributed by atoms with Gasteiger partial charge < -0.3 is 19.4 Å². The Hall–Kier alpha value is -2.64. The molecule has 2 rings (SSSR count). The van der Waals surface area contributed by atoms with Crippen LogP contribution >= 0.6 is 0 Å². The van der Waals surface area contributed by atoms with Crippen molar-refractivity contribution < 1.29 is 28.7 Å². The van der Waals surface area contributed by atoms with Crippen molar-refractivity contribution in [1.29, 1.82) is 0 Å². The van der Waals surface area contributed by atoms with Gasteiger partial charge in [0.15, 0.2) is 11.9 Å². The molecule has 1 aliphatic heterocycles. The summed E-state index contributed by atoms with van der Waals surface area (Å²) in [5.41, 5.74) is 1.76. The second kappa shape index (κ2) is 9.03. The number of aryl methyl sites for hydroxylation is 1. The Balaban J connectivity index is 1.96. The number of ether oxygens (including phenoxy) is 2. The van der Waals surface area contributed by atoms with E-state index in [1.54, 1.807) is 25.7 Å². The van der Waals surface area contributed by atoms with Gasteiger partial charge in [-0.15, -0.1) is 0 Å². The fourth-order valence-corrected chi connectivity index (χ4v) is 3.60. The van der Waals surface area contributed by atoms with Crippen LogP contribution in [0, 0.1) is 19.8 Å². The number of piperidine rings is 1. The standard InChI is InChI=1S/C20H28N2O6/c1-6-27-19(25)15-7-9-22(10-8-15)18(24)14(5)28-20(26)17-11(2)16(13(4)23)12(3)21-17/h14-15,21H,6-10H2,1-5H3/t14-/m1/s1. The molecule has 0 radical (unpaired) electrons. The number of nitrogens with one attached hydrogen (secondary N) is 1. The molecule has 154 valence electrons. The Kier molecular flexibility index (Phi) is 6.99. The van der Waals surface area contributed by atoms with Crippen LogP contribution in [0.5, 0.6) is 0 Å². The van der Waals surface area contributed by atoms with Crippen LogP contribution in [0.4, 0.5) is 0 Å². The fraction of sp³-hybridized carbons (Fsp3) is 0.600. The molecule has 8 heteroatoms. The van der Waals surface area contributed by atoms with Crippen LogP contribution in [0.1, 0.15) is 65.7 Å². The Morgan fingerprint density at radius 2 is 1.79 bits per heavy atom. The molecule has 8 nitrogen and oxygen atoms in total. The number of ketones is 1. The van der Waals surface area contributed by atoms with E-state index in [1.807, 2.05) is 0 Å². The first kappa shape index (κ1) is 21.7. The Morgan fingerprint density at radius 3 is 2.29 bits per heavy atom. The second-order valence-corrected chi connectivity index (χ2v) is 7.08. The Bertz CT molecular complexity index is 774. The van der Waals surface area contributed by atoms with Gasteiger partial charge in [0.1, 0.15) is 5.69 Å². The minimum Gasteiger partial charge on any atom is -0.466 e. The molecule has 1 N–H and O–H groups in total. The average Bonchev–Trinajstić information content (AvgIpc) is 2.95. The molecule has 0 aromatic carbocycles. The van der Waals surface area contributed by atoms with E-state index in [4.69, 9.17) is 9.47 Å². The molecule has 1 aliphatic rings. The average molecular weight is 392 g/mol. The van der Waals surface area contributed by atoms with Crippen LogP contribution in [0.15, 0.2) is 0 Å². The van der Waals surface area contributed by atoms with Crippen LogP contribution in [-0.4, -0.2) is 59.3 Å². The van der Waals surface area contributed by atoms with Crippen molar-refractivity contribution in [2.45, 2.75) is 53.6 Å². The van der Waals surface area contributed by atoms with Crippen molar-refractivity contribution in [3.05, 3.63) is 22.5 Å². The number of nitrogens with zero attached hydrogens (tertiary/aromatic N) is 1. The molecule has 1 amide bonds. The van der Waals surface area contributed by atoms with Gasteiger partial charge in [0.25, 0.3) is 5.91 Å². The molecule has 2 heterocycles. The van der Waals surface area contributed by atoms with Crippen LogP contribution in [0.3, 0.4) is 0 Å². The normalized spacial score (nSPS) is 15.8. The Morgan fingerprint density at radius 1 is 1.18 bits per heavy atom. The fourth-order valence-electron chi connectivity index (χ4n) is 3.60. The summed E-state index contributed by atoms with van der Waals surface area (Å²) in [6.45, 7) is 9.28. The molecule has 1 saturated heterocycles. The van der Waals surface area contributed by atoms with E-state index < -0.39 is 12.1 Å². The maximum atomic E-state index is 12.6. The lowest BCUT2D eigenvalue weighted by atomic mass is 9.97. The minimum atomic E-state index is -0.963. The van der Waals surface area contributed by atoms with E-state index >= 15 is 0 Å². The van der Waals surface area contributed by atoms with Gasteiger partial charge in [0.2, 0.25) is 0 Å². The Labute approximate surface area is 164 Å². The highest BCUT2D eigenvalue weighted by molar-refractivity contribution is 6.01. The smallest absolute Gasteiger partial charge is 0.355 e. The molecule has 0 spiro atoms. The first-order valence-corrected chi connectivity index (χ1v) is 9.53. The lowest BCUT2D eigenvalue weighted by Crippen LogP contribution is -2.45. The van der Waals surface area contributed by atoms with E-state index in [-0.39, 0.29) is 29.3 Å². The van der Waals surface area contributed by atoms with E-state index in [0.29, 0.717) is 49.4 Å². The van der Waals surface area contributed by atoms with Crippen LogP contribution in [0.2, 0.25) is 0 Å². The third kappa shape index (κ3) is 4.61. The summed E-state index contributed by atoms with van der Waals surface area (Å²) < 4.78 is 10.4. The van der Waals surface area contributed by atoms with Crippen molar-refractivity contribution in [2.75, 3.05) is 19.7 Å². The molecular formula is C20H28N2O6. The summed E-state index contributed by atoms with van der Waals surface area (Å²) >= 11 is 0. The van der Waals surface area contributed by atoms with Gasteiger partial charge in [-0.2, -0.15) is 0 Å². The number of hydrogen-bond donors (Lipinski definition) is 1. The molecular weight excluding hydrogens is 364 g/mol. The topological polar surface area (TPSA) is 106 Å². The van der Waals surface area contributed by atoms with Crippen LogP contribution in [0.25, 0.3) is 0 Å². The molecule has 0 bridgehead atoms. The molecule has 1 aromatic heterocycles. The molecule has 1 fully saturated rings. The maximum Gasteiger partial charge on any atom is 0.355 e. The van der Waals surface area contributed by atoms with Gasteiger partial charge in [-0.3, -0.25) is 14.4 Å². The summed E-state index contributed by atoms with van der Waals surface area (Å²) in [7, 11) is 0. The van der Waals surface area contributed by atoms with Gasteiger partial charge in [-0.05, 0) is 53.0 Å². The predicted octanol–water partition coefficient (Wildman–Crippen LogP) is 2.18. The van der Waals surface area contributed by atoms with Gasteiger partial charge in [-0.25, -0.2) is 4.79 Å². The number of aromatic nitrogens is 1. The number of Topliss-reactive ketones (excluding diaryl/α,β-unsaturated/α-hetero) is 1. The highest BCUT2D eigenvalue weighted by atomic mass is 16.5. The number of carbonyl (C=O) groups excluding carboxylic acids is 4. The monoisotopic (exact) mass is 392 g/mol. The quantitative estimate of drug-likeness (QED) is 0.588. The van der Waals surface area contributed by atoms with Gasteiger partial charge in [-0.1, -0.05) is 0 Å². The number of likely N-dealkylation sites (tertiary alicyclic amines) is 1. The first-order valence-electron chi connectivity index (χ1n) is 9.53. The zero-order chi connectivity index (χ0) is 21.0. The number of hydrogen-bond acceptors (Lipinski definition) is 6. The molecule has 0 saturated carbocycles. The van der Waals surface area contributed by atoms with Gasteiger partial charge in [0, 0.05) is 24.3 Å². The number of aromatic amines is 1. The number of carbonyl (C=O) groups is 4. The van der Waals surface area contributed by atoms with Crippen molar-refractivity contribution >= 4 is 23.6 Å². The highest BCUT2D eigenvalue weighted by Crippen LogP contribution is 2.22. The number of esters is 2. The van der Waals surface area contributed by atoms with Crippen molar-refractivity contribution in [3.63, 3.8) is 0 Å². The summed E-state index contributed by atoms with van der Waals surface area (Å²) in [6, 6.07) is 0. The third-order valence-electron chi connectivity index (χ3n) is 5.05. The summed E-state index contributed by atoms with van der Waals surface area (Å²) in [6.07, 6.45) is 0.0972. The molecule has 0 unspecified atom stereocenters. The maximum absolute atomic E-state index is 12.6. The van der Waals surface area contributed by atoms with Crippen molar-refractivity contribution in [2.24, 2.45) is 5.92 Å². The highest BCUT2D eigenvalue weighted by Gasteiger charge is 2.32. The second-order valence-electron chi connectivity index (χ2n) is 7.08. The first-order chi connectivity index (χ1) is 13.2. The zero-order valence-corrected chi connectivity index (χ0v) is 17.1. The summed E-state index contributed by atoms with van der Waals surface area (Å²) in [5.74, 6) is -1.54. The predicted molar refractivity (Wildman–Crippen MR) is 101 cm³/mol. The number of rotatable bonds is 6. The SMILES string of the molecule is CCOC(=O)C1CCN(C(=O)[C@@H](C)OC(=O)c2[nH]c(C)c(C(C)=O)c2C)CC1. The van der Waals surface area contributed by atoms with Gasteiger partial charge in [0.05, 0.1) is 12.5 Å². The van der Waals surface area contributed by atoms with E-state index in [0.717, 1.165) is 0 Å². The minimum absolute atomic E-state index is 0.140. The van der Waals surface area contributed by atoms with Crippen LogP contribution < -0.4 is 0 Å².